The van der Waals surface area contributed by atoms with Crippen molar-refractivity contribution in [3.63, 3.8) is 0 Å². The lowest BCUT2D eigenvalue weighted by Crippen LogP contribution is -2.44. The van der Waals surface area contributed by atoms with Gasteiger partial charge in [0.15, 0.2) is 11.6 Å². The fourth-order valence-corrected chi connectivity index (χ4v) is 7.17. The lowest BCUT2D eigenvalue weighted by Gasteiger charge is -2.20. The molecular formula is C39H71F3N4O9S2. The number of amides is 3. The average Bonchev–Trinajstić information content (AvgIpc) is 3.81. The predicted octanol–water partition coefficient (Wildman–Crippen LogP) is 4.75. The summed E-state index contributed by atoms with van der Waals surface area (Å²) in [7, 11) is -4.59. The first kappa shape index (κ1) is 54.0. The number of unbranched alkanes of at least 4 members (excludes halogenated alkanes) is 2. The molecule has 2 aliphatic carbocycles. The second kappa shape index (κ2) is 28.4. The van der Waals surface area contributed by atoms with Crippen LogP contribution in [0.3, 0.4) is 0 Å². The van der Waals surface area contributed by atoms with Gasteiger partial charge in [-0.05, 0) is 111 Å². The van der Waals surface area contributed by atoms with E-state index in [4.69, 9.17) is 16.6 Å². The van der Waals surface area contributed by atoms with Crippen molar-refractivity contribution in [2.75, 3.05) is 38.1 Å². The van der Waals surface area contributed by atoms with Gasteiger partial charge in [0.25, 0.3) is 0 Å². The maximum Gasteiger partial charge on any atom is 0.446 e. The number of ketones is 2. The van der Waals surface area contributed by atoms with E-state index in [2.05, 4.69) is 16.0 Å². The van der Waals surface area contributed by atoms with Gasteiger partial charge in [0.1, 0.15) is 5.60 Å². The minimum Gasteiger partial charge on any atom is -0.444 e. The molecule has 0 radical (unpaired) electrons. The molecular weight excluding hydrogens is 790 g/mol. The van der Waals surface area contributed by atoms with Crippen LogP contribution in [-0.4, -0.2) is 117 Å². The summed E-state index contributed by atoms with van der Waals surface area (Å²) in [5, 5.41) is 10.9. The van der Waals surface area contributed by atoms with E-state index in [1.165, 1.54) is 35.8 Å². The van der Waals surface area contributed by atoms with Gasteiger partial charge in [0, 0.05) is 55.5 Å². The van der Waals surface area contributed by atoms with Crippen molar-refractivity contribution in [3.05, 3.63) is 0 Å². The zero-order valence-corrected chi connectivity index (χ0v) is 36.9. The van der Waals surface area contributed by atoms with Crippen molar-refractivity contribution in [1.29, 1.82) is 0 Å². The molecule has 57 heavy (non-hydrogen) atoms. The summed E-state index contributed by atoms with van der Waals surface area (Å²) in [6, 6.07) is -1.24. The van der Waals surface area contributed by atoms with Crippen molar-refractivity contribution in [1.82, 2.24) is 16.0 Å². The second-order valence-electron chi connectivity index (χ2n) is 15.6. The molecule has 0 aliphatic heterocycles. The third-order valence-corrected chi connectivity index (χ3v) is 9.84. The first-order valence-corrected chi connectivity index (χ1v) is 24.3. The van der Waals surface area contributed by atoms with Crippen LogP contribution >= 0.6 is 0 Å². The zero-order chi connectivity index (χ0) is 45.2. The highest BCUT2D eigenvalue weighted by molar-refractivity contribution is 8.01. The Labute approximate surface area is 341 Å². The number of aldehydes is 1. The van der Waals surface area contributed by atoms with Crippen molar-refractivity contribution in [3.8, 4) is 0 Å². The number of nitrogens with two attached hydrogens (primary N) is 1. The molecule has 0 aromatic carbocycles. The van der Waals surface area contributed by atoms with E-state index < -0.39 is 55.3 Å². The molecule has 0 heterocycles. The highest BCUT2D eigenvalue weighted by atomic mass is 32.2. The van der Waals surface area contributed by atoms with E-state index in [0.717, 1.165) is 64.2 Å². The summed E-state index contributed by atoms with van der Waals surface area (Å²) in [4.78, 5) is 69.7. The minimum absolute atomic E-state index is 0.0300. The number of rotatable bonds is 17. The fraction of sp³-hybridized carbons (Fsp3) is 0.795. The summed E-state index contributed by atoms with van der Waals surface area (Å²) in [6.45, 7) is 8.68. The standard InChI is InChI=1S/C20H36N2O5S.C15H28N2O3S.C2HF3O.C2H6/c1-20(2,3)27-19(25)21-13-9-8-12-16(17(23)14-28(4,5)26)22-18(24)15-10-6-7-11-15;1-21(2,20)11-14(18)13(9-5-6-10-16)17-15(19)12-7-3-4-8-12;3-2(4,5)1-6;1-2/h14-16H,6-13H2,1-5H3,(H,21,25)(H,22,24);11-13H,3-10,16H2,1-2H3,(H,17,19);1H;1-2H3/t16-;13-;;/m00../s1/i;;;1D. The van der Waals surface area contributed by atoms with E-state index in [9.17, 15) is 45.6 Å². The van der Waals surface area contributed by atoms with E-state index in [1.54, 1.807) is 27.7 Å². The Balaban J connectivity index is 0. The van der Waals surface area contributed by atoms with Gasteiger partial charge in [-0.15, -0.1) is 0 Å². The van der Waals surface area contributed by atoms with E-state index in [-0.39, 0.29) is 35.2 Å². The highest BCUT2D eigenvalue weighted by Gasteiger charge is 2.29. The van der Waals surface area contributed by atoms with E-state index in [0.29, 0.717) is 45.7 Å². The van der Waals surface area contributed by atoms with Crippen LogP contribution in [-0.2, 0) is 47.8 Å². The monoisotopic (exact) mass is 861 g/mol. The van der Waals surface area contributed by atoms with Gasteiger partial charge < -0.3 is 26.4 Å². The molecule has 2 atom stereocenters. The molecule has 2 aliphatic rings. The number of carbonyl (C=O) groups is 6. The van der Waals surface area contributed by atoms with E-state index >= 15 is 0 Å². The second-order valence-corrected chi connectivity index (χ2v) is 21.3. The van der Waals surface area contributed by atoms with Gasteiger partial charge in [-0.1, -0.05) is 39.5 Å². The SMILES string of the molecule is CC(C)(C)OC(=O)NCCCC[C@H](NC(=O)C1CCCC1)C(=O)C=S(C)(C)=O.CS(C)(=O)=CC(=O)[C@H](CCCCN)NC(=O)C1CCCC1.O=CC(F)(F)F.[2H]CC. The third-order valence-electron chi connectivity index (χ3n) is 8.24. The molecule has 2 fully saturated rings. The fourth-order valence-electron chi connectivity index (χ4n) is 5.72. The molecule has 18 heteroatoms. The maximum atomic E-state index is 12.5. The number of hydrogen-bond acceptors (Lipinski definition) is 10. The van der Waals surface area contributed by atoms with Crippen molar-refractivity contribution in [2.45, 2.75) is 148 Å². The van der Waals surface area contributed by atoms with Crippen LogP contribution in [0.15, 0.2) is 0 Å². The summed E-state index contributed by atoms with van der Waals surface area (Å²) in [6.07, 6.45) is 11.5. The number of halogens is 3. The Kier molecular flexibility index (Phi) is 26.9. The molecule has 5 N–H and O–H groups in total. The van der Waals surface area contributed by atoms with Gasteiger partial charge in [0.05, 0.1) is 12.1 Å². The molecule has 0 unspecified atom stereocenters. The van der Waals surface area contributed by atoms with Crippen molar-refractivity contribution < 1.29 is 56.5 Å². The number of alkyl carbamates (subject to hydrolysis) is 1. The lowest BCUT2D eigenvalue weighted by molar-refractivity contribution is -0.156. The topological polar surface area (TPSA) is 208 Å². The number of Topliss-reactive ketones (excluding diaryl/α,β-unsaturated/α-hetero) is 2. The number of nitrogens with one attached hydrogen (secondary N) is 3. The summed E-state index contributed by atoms with van der Waals surface area (Å²) >= 11 is 0. The van der Waals surface area contributed by atoms with Crippen LogP contribution in [0.4, 0.5) is 18.0 Å². The van der Waals surface area contributed by atoms with Crippen LogP contribution in [0.1, 0.15) is 126 Å². The van der Waals surface area contributed by atoms with Crippen LogP contribution < -0.4 is 21.7 Å². The number of ether oxygens (including phenoxy) is 1. The lowest BCUT2D eigenvalue weighted by atomic mass is 10.0. The van der Waals surface area contributed by atoms with Gasteiger partial charge in [-0.2, -0.15) is 13.2 Å². The normalized spacial score (nSPS) is 16.0. The maximum absolute atomic E-state index is 12.5. The summed E-state index contributed by atoms with van der Waals surface area (Å²) < 4.78 is 66.4. The summed E-state index contributed by atoms with van der Waals surface area (Å²) in [5.74, 6) is -0.672. The van der Waals surface area contributed by atoms with Crippen LogP contribution in [0.25, 0.3) is 0 Å². The first-order chi connectivity index (χ1) is 26.7. The molecule has 0 aromatic heterocycles. The highest BCUT2D eigenvalue weighted by Crippen LogP contribution is 2.26. The Hall–Kier alpha value is -2.99. The minimum atomic E-state index is -4.64. The molecule has 0 bridgehead atoms. The summed E-state index contributed by atoms with van der Waals surface area (Å²) in [5.41, 5.74) is 4.92. The molecule has 2 saturated carbocycles. The van der Waals surface area contributed by atoms with Crippen molar-refractivity contribution >= 4 is 65.5 Å². The zero-order valence-electron chi connectivity index (χ0n) is 36.3. The predicted molar refractivity (Wildman–Crippen MR) is 224 cm³/mol. The Morgan fingerprint density at radius 2 is 1.12 bits per heavy atom. The molecule has 334 valence electrons. The van der Waals surface area contributed by atoms with Gasteiger partial charge in [-0.3, -0.25) is 32.4 Å². The quantitative estimate of drug-likeness (QED) is 0.0897. The molecule has 0 saturated heterocycles. The van der Waals surface area contributed by atoms with E-state index in [1.807, 2.05) is 0 Å². The van der Waals surface area contributed by atoms with Gasteiger partial charge in [0.2, 0.25) is 18.1 Å². The van der Waals surface area contributed by atoms with Crippen LogP contribution in [0, 0.1) is 11.8 Å². The molecule has 0 spiro atoms. The van der Waals surface area contributed by atoms with Crippen LogP contribution in [0.2, 0.25) is 0 Å². The molecule has 3 amide bonds. The number of alkyl halides is 3. The largest absolute Gasteiger partial charge is 0.446 e. The van der Waals surface area contributed by atoms with Gasteiger partial charge in [-0.25, -0.2) is 4.79 Å². The van der Waals surface area contributed by atoms with Gasteiger partial charge >= 0.3 is 12.3 Å². The Morgan fingerprint density at radius 1 is 0.772 bits per heavy atom. The number of hydrogen-bond donors (Lipinski definition) is 4. The number of carbonyl (C=O) groups excluding carboxylic acids is 6. The smallest absolute Gasteiger partial charge is 0.444 e. The Bertz CT molecular complexity index is 1510. The Morgan fingerprint density at radius 3 is 1.42 bits per heavy atom. The average molecular weight is 862 g/mol. The third kappa shape index (κ3) is 31.7. The first-order valence-electron chi connectivity index (χ1n) is 20.1. The molecule has 2 rings (SSSR count). The van der Waals surface area contributed by atoms with Crippen molar-refractivity contribution in [2.24, 2.45) is 17.6 Å². The molecule has 0 aromatic rings. The molecule has 13 nitrogen and oxygen atoms in total. The van der Waals surface area contributed by atoms with Crippen LogP contribution in [0.5, 0.6) is 0 Å².